The summed E-state index contributed by atoms with van der Waals surface area (Å²) in [6.07, 6.45) is 1.43. The molecule has 1 aromatic heterocycles. The molecule has 0 fully saturated rings. The van der Waals surface area contributed by atoms with Gasteiger partial charge in [0, 0.05) is 6.20 Å². The molecule has 1 rings (SSSR count). The monoisotopic (exact) mass is 210 g/mol. The second-order valence-electron chi connectivity index (χ2n) is 3.55. The van der Waals surface area contributed by atoms with Crippen molar-refractivity contribution in [1.82, 2.24) is 4.98 Å². The molecular weight excluding hydrogens is 196 g/mol. The summed E-state index contributed by atoms with van der Waals surface area (Å²) in [6.45, 7) is 3.57. The van der Waals surface area contributed by atoms with Crippen LogP contribution in [0.1, 0.15) is 29.9 Å². The van der Waals surface area contributed by atoms with Crippen molar-refractivity contribution in [3.8, 4) is 0 Å². The molecule has 0 saturated carbocycles. The number of rotatable bonds is 3. The van der Waals surface area contributed by atoms with Gasteiger partial charge in [0.1, 0.15) is 5.60 Å². The molecule has 5 nitrogen and oxygen atoms in total. The minimum absolute atomic E-state index is 0.397. The first-order valence-electron chi connectivity index (χ1n) is 4.44. The van der Waals surface area contributed by atoms with Crippen molar-refractivity contribution in [1.29, 1.82) is 0 Å². The Kier molecular flexibility index (Phi) is 3.39. The number of carbonyl (C=O) groups is 1. The van der Waals surface area contributed by atoms with Crippen LogP contribution in [0.25, 0.3) is 0 Å². The minimum atomic E-state index is -0.672. The van der Waals surface area contributed by atoms with Crippen LogP contribution in [0.4, 0.5) is 0 Å². The maximum absolute atomic E-state index is 11.1. The summed E-state index contributed by atoms with van der Waals surface area (Å²) >= 11 is 0. The Bertz CT molecular complexity index is 346. The van der Waals surface area contributed by atoms with Gasteiger partial charge in [-0.2, -0.15) is 0 Å². The highest BCUT2D eigenvalue weighted by atomic mass is 16.6. The molecule has 2 N–H and O–H groups in total. The zero-order valence-corrected chi connectivity index (χ0v) is 8.98. The van der Waals surface area contributed by atoms with Crippen LogP contribution in [-0.4, -0.2) is 18.1 Å². The van der Waals surface area contributed by atoms with E-state index in [1.165, 1.54) is 13.3 Å². The summed E-state index contributed by atoms with van der Waals surface area (Å²) < 4.78 is 4.55. The molecule has 0 spiro atoms. The first-order chi connectivity index (χ1) is 7.01. The Balaban J connectivity index is 2.95. The molecule has 0 amide bonds. The van der Waals surface area contributed by atoms with Crippen LogP contribution >= 0.6 is 0 Å². The summed E-state index contributed by atoms with van der Waals surface area (Å²) in [5.41, 5.74) is 0.376. The molecule has 0 unspecified atom stereocenters. The van der Waals surface area contributed by atoms with E-state index in [2.05, 4.69) is 9.72 Å². The van der Waals surface area contributed by atoms with Crippen molar-refractivity contribution in [2.75, 3.05) is 7.11 Å². The van der Waals surface area contributed by atoms with Crippen molar-refractivity contribution < 1.29 is 14.4 Å². The Hall–Kier alpha value is -1.46. The molecule has 15 heavy (non-hydrogen) atoms. The Morgan fingerprint density at radius 2 is 2.13 bits per heavy atom. The van der Waals surface area contributed by atoms with Gasteiger partial charge in [0.05, 0.1) is 18.4 Å². The van der Waals surface area contributed by atoms with Gasteiger partial charge in [-0.3, -0.25) is 9.82 Å². The highest BCUT2D eigenvalue weighted by molar-refractivity contribution is 5.88. The summed E-state index contributed by atoms with van der Waals surface area (Å²) in [4.78, 5) is 20.0. The average molecular weight is 210 g/mol. The van der Waals surface area contributed by atoms with Crippen LogP contribution in [0.15, 0.2) is 18.3 Å². The fraction of sp³-hybridized carbons (Fsp3) is 0.400. The number of ether oxygens (including phenoxy) is 1. The minimum Gasteiger partial charge on any atom is -0.465 e. The second kappa shape index (κ2) is 4.37. The van der Waals surface area contributed by atoms with Gasteiger partial charge in [0.15, 0.2) is 0 Å². The predicted octanol–water partition coefficient (Wildman–Crippen LogP) is 0.994. The Labute approximate surface area is 88.2 Å². The molecular formula is C10H14N2O3. The lowest BCUT2D eigenvalue weighted by Gasteiger charge is -2.20. The predicted molar refractivity (Wildman–Crippen MR) is 53.9 cm³/mol. The number of nitrogens with zero attached hydrogens (tertiary/aromatic N) is 1. The summed E-state index contributed by atoms with van der Waals surface area (Å²) in [5.74, 6) is 4.71. The third kappa shape index (κ3) is 2.51. The quantitative estimate of drug-likeness (QED) is 0.595. The highest BCUT2D eigenvalue weighted by Gasteiger charge is 2.22. The van der Waals surface area contributed by atoms with E-state index in [1.807, 2.05) is 0 Å². The van der Waals surface area contributed by atoms with Crippen LogP contribution in [0, 0.1) is 0 Å². The van der Waals surface area contributed by atoms with Crippen LogP contribution in [0.5, 0.6) is 0 Å². The highest BCUT2D eigenvalue weighted by Crippen LogP contribution is 2.20. The zero-order valence-electron chi connectivity index (χ0n) is 8.98. The van der Waals surface area contributed by atoms with Crippen LogP contribution in [-0.2, 0) is 15.2 Å². The van der Waals surface area contributed by atoms with E-state index in [-0.39, 0.29) is 0 Å². The van der Waals surface area contributed by atoms with Gasteiger partial charge in [-0.15, -0.1) is 0 Å². The van der Waals surface area contributed by atoms with Gasteiger partial charge in [-0.25, -0.2) is 10.7 Å². The molecule has 0 aliphatic rings. The first kappa shape index (κ1) is 11.6. The van der Waals surface area contributed by atoms with Crippen LogP contribution < -0.4 is 5.90 Å². The largest absolute Gasteiger partial charge is 0.465 e. The van der Waals surface area contributed by atoms with Gasteiger partial charge >= 0.3 is 5.97 Å². The van der Waals surface area contributed by atoms with Crippen molar-refractivity contribution in [2.45, 2.75) is 19.4 Å². The summed E-state index contributed by atoms with van der Waals surface area (Å²) in [5, 5.41) is 0. The standard InChI is InChI=1S/C10H14N2O3/c1-10(2,15-11)8-5-4-7(6-12-8)9(13)14-3/h4-6H,11H2,1-3H3. The van der Waals surface area contributed by atoms with Crippen molar-refractivity contribution in [2.24, 2.45) is 5.90 Å². The molecule has 0 radical (unpaired) electrons. The second-order valence-corrected chi connectivity index (χ2v) is 3.55. The average Bonchev–Trinajstić information content (AvgIpc) is 2.28. The molecule has 1 heterocycles. The van der Waals surface area contributed by atoms with E-state index >= 15 is 0 Å². The number of aromatic nitrogens is 1. The lowest BCUT2D eigenvalue weighted by Crippen LogP contribution is -2.26. The fourth-order valence-electron chi connectivity index (χ4n) is 1.05. The van der Waals surface area contributed by atoms with Crippen molar-refractivity contribution >= 4 is 5.97 Å². The number of methoxy groups -OCH3 is 1. The van der Waals surface area contributed by atoms with E-state index in [9.17, 15) is 4.79 Å². The molecule has 0 aliphatic heterocycles. The summed E-state index contributed by atoms with van der Waals surface area (Å²) in [7, 11) is 1.32. The van der Waals surface area contributed by atoms with E-state index in [0.717, 1.165) is 0 Å². The van der Waals surface area contributed by atoms with Crippen LogP contribution in [0.2, 0.25) is 0 Å². The lowest BCUT2D eigenvalue weighted by atomic mass is 10.0. The molecule has 0 aromatic carbocycles. The molecule has 0 aliphatic carbocycles. The molecule has 0 saturated heterocycles. The van der Waals surface area contributed by atoms with Crippen molar-refractivity contribution in [3.63, 3.8) is 0 Å². The third-order valence-corrected chi connectivity index (χ3v) is 2.10. The number of hydrogen-bond donors (Lipinski definition) is 1. The Morgan fingerprint density at radius 3 is 2.53 bits per heavy atom. The van der Waals surface area contributed by atoms with Crippen LogP contribution in [0.3, 0.4) is 0 Å². The molecule has 5 heteroatoms. The number of hydrogen-bond acceptors (Lipinski definition) is 5. The smallest absolute Gasteiger partial charge is 0.339 e. The SMILES string of the molecule is COC(=O)c1ccc(C(C)(C)ON)nc1. The molecule has 82 valence electrons. The Morgan fingerprint density at radius 1 is 1.47 bits per heavy atom. The summed E-state index contributed by atoms with van der Waals surface area (Å²) in [6, 6.07) is 3.30. The third-order valence-electron chi connectivity index (χ3n) is 2.10. The lowest BCUT2D eigenvalue weighted by molar-refractivity contribution is -0.0268. The van der Waals surface area contributed by atoms with E-state index in [4.69, 9.17) is 10.7 Å². The van der Waals surface area contributed by atoms with E-state index in [1.54, 1.807) is 26.0 Å². The first-order valence-corrected chi connectivity index (χ1v) is 4.44. The maximum Gasteiger partial charge on any atom is 0.339 e. The molecule has 0 atom stereocenters. The molecule has 1 aromatic rings. The van der Waals surface area contributed by atoms with Gasteiger partial charge < -0.3 is 4.74 Å². The maximum atomic E-state index is 11.1. The van der Waals surface area contributed by atoms with Gasteiger partial charge in [-0.1, -0.05) is 0 Å². The van der Waals surface area contributed by atoms with E-state index in [0.29, 0.717) is 11.3 Å². The zero-order chi connectivity index (χ0) is 11.5. The topological polar surface area (TPSA) is 74.4 Å². The number of pyridine rings is 1. The fourth-order valence-corrected chi connectivity index (χ4v) is 1.05. The number of nitrogens with two attached hydrogens (primary N) is 1. The van der Waals surface area contributed by atoms with Gasteiger partial charge in [-0.05, 0) is 26.0 Å². The van der Waals surface area contributed by atoms with Gasteiger partial charge in [0.25, 0.3) is 0 Å². The number of esters is 1. The normalized spacial score (nSPS) is 11.2. The van der Waals surface area contributed by atoms with E-state index < -0.39 is 11.6 Å². The molecule has 0 bridgehead atoms. The van der Waals surface area contributed by atoms with Gasteiger partial charge in [0.2, 0.25) is 0 Å². The van der Waals surface area contributed by atoms with Crippen molar-refractivity contribution in [3.05, 3.63) is 29.6 Å². The number of carbonyl (C=O) groups excluding carboxylic acids is 1.